The molecule has 1 saturated heterocycles. The normalized spacial score (nSPS) is 22.0. The van der Waals surface area contributed by atoms with Crippen LogP contribution in [0.5, 0.6) is 0 Å². The third-order valence-corrected chi connectivity index (χ3v) is 4.36. The van der Waals surface area contributed by atoms with Crippen LogP contribution in [0, 0.1) is 0 Å². The Morgan fingerprint density at radius 1 is 0.964 bits per heavy atom. The summed E-state index contributed by atoms with van der Waals surface area (Å²) in [5, 5.41) is 0. The summed E-state index contributed by atoms with van der Waals surface area (Å²) in [5.74, 6) is -0.417. The number of ether oxygens (including phenoxy) is 5. The van der Waals surface area contributed by atoms with Gasteiger partial charge in [-0.3, -0.25) is 4.79 Å². The van der Waals surface area contributed by atoms with Crippen LogP contribution in [0.15, 0.2) is 60.7 Å². The second-order valence-electron chi connectivity index (χ2n) is 6.56. The van der Waals surface area contributed by atoms with Gasteiger partial charge in [0, 0.05) is 6.92 Å². The van der Waals surface area contributed by atoms with Gasteiger partial charge < -0.3 is 23.7 Å². The van der Waals surface area contributed by atoms with E-state index >= 15 is 0 Å². The lowest BCUT2D eigenvalue weighted by Gasteiger charge is -2.36. The average Bonchev–Trinajstić information content (AvgIpc) is 2.72. The standard InChI is InChI=1S/C22H26O6/c1-17(23)28-22-21(26-15-19-10-6-3-7-11-19)20(12-13-25-22)27-16-24-14-18-8-4-2-5-9-18/h2-11,20-22H,12-16H2,1H3/t20-,21-,22?/m0/s1. The molecule has 0 amide bonds. The van der Waals surface area contributed by atoms with Crippen LogP contribution < -0.4 is 0 Å². The van der Waals surface area contributed by atoms with Gasteiger partial charge in [-0.05, 0) is 17.5 Å². The van der Waals surface area contributed by atoms with Crippen molar-refractivity contribution in [3.63, 3.8) is 0 Å². The summed E-state index contributed by atoms with van der Waals surface area (Å²) in [6, 6.07) is 19.7. The lowest BCUT2D eigenvalue weighted by molar-refractivity contribution is -0.267. The highest BCUT2D eigenvalue weighted by atomic mass is 16.7. The molecule has 0 radical (unpaired) electrons. The van der Waals surface area contributed by atoms with Crippen LogP contribution in [0.2, 0.25) is 0 Å². The zero-order valence-electron chi connectivity index (χ0n) is 16.0. The highest BCUT2D eigenvalue weighted by molar-refractivity contribution is 5.66. The molecular formula is C22H26O6. The summed E-state index contributed by atoms with van der Waals surface area (Å²) in [5.41, 5.74) is 2.10. The monoisotopic (exact) mass is 386 g/mol. The highest BCUT2D eigenvalue weighted by Gasteiger charge is 2.38. The lowest BCUT2D eigenvalue weighted by Crippen LogP contribution is -2.49. The van der Waals surface area contributed by atoms with Gasteiger partial charge in [-0.1, -0.05) is 60.7 Å². The number of carbonyl (C=O) groups excluding carboxylic acids is 1. The molecule has 2 aromatic carbocycles. The molecule has 6 nitrogen and oxygen atoms in total. The minimum absolute atomic E-state index is 0.123. The molecule has 0 aliphatic carbocycles. The largest absolute Gasteiger partial charge is 0.433 e. The van der Waals surface area contributed by atoms with Crippen molar-refractivity contribution in [3.8, 4) is 0 Å². The van der Waals surface area contributed by atoms with Crippen molar-refractivity contribution in [1.82, 2.24) is 0 Å². The van der Waals surface area contributed by atoms with Crippen LogP contribution in [0.3, 0.4) is 0 Å². The maximum absolute atomic E-state index is 11.4. The fourth-order valence-electron chi connectivity index (χ4n) is 3.00. The van der Waals surface area contributed by atoms with Gasteiger partial charge >= 0.3 is 5.97 Å². The van der Waals surface area contributed by atoms with Crippen LogP contribution in [0.25, 0.3) is 0 Å². The van der Waals surface area contributed by atoms with Crippen LogP contribution in [-0.2, 0) is 41.7 Å². The second kappa shape index (κ2) is 10.9. The average molecular weight is 386 g/mol. The van der Waals surface area contributed by atoms with Crippen molar-refractivity contribution < 1.29 is 28.5 Å². The first kappa shape index (κ1) is 20.5. The molecule has 0 bridgehead atoms. The van der Waals surface area contributed by atoms with Crippen LogP contribution in [-0.4, -0.2) is 37.9 Å². The van der Waals surface area contributed by atoms with E-state index in [1.165, 1.54) is 6.92 Å². The Morgan fingerprint density at radius 3 is 2.25 bits per heavy atom. The van der Waals surface area contributed by atoms with Crippen molar-refractivity contribution in [2.75, 3.05) is 13.4 Å². The van der Waals surface area contributed by atoms with Gasteiger partial charge in [0.05, 0.1) is 25.9 Å². The fraction of sp³-hybridized carbons (Fsp3) is 0.409. The number of carbonyl (C=O) groups is 1. The van der Waals surface area contributed by atoms with E-state index in [1.807, 2.05) is 60.7 Å². The molecule has 0 spiro atoms. The van der Waals surface area contributed by atoms with E-state index < -0.39 is 18.4 Å². The van der Waals surface area contributed by atoms with Gasteiger partial charge in [0.1, 0.15) is 12.9 Å². The zero-order valence-corrected chi connectivity index (χ0v) is 16.0. The summed E-state index contributed by atoms with van der Waals surface area (Å²) in [6.07, 6.45) is -0.990. The third kappa shape index (κ3) is 6.42. The van der Waals surface area contributed by atoms with E-state index in [0.717, 1.165) is 11.1 Å². The maximum atomic E-state index is 11.4. The van der Waals surface area contributed by atoms with E-state index in [9.17, 15) is 4.79 Å². The summed E-state index contributed by atoms with van der Waals surface area (Å²) in [4.78, 5) is 11.4. The molecule has 1 heterocycles. The van der Waals surface area contributed by atoms with E-state index in [1.54, 1.807) is 0 Å². The Hall–Kier alpha value is -2.25. The molecule has 3 rings (SSSR count). The number of esters is 1. The van der Waals surface area contributed by atoms with Gasteiger partial charge in [-0.15, -0.1) is 0 Å². The number of rotatable bonds is 9. The molecule has 6 heteroatoms. The van der Waals surface area contributed by atoms with Crippen LogP contribution in [0.4, 0.5) is 0 Å². The molecule has 2 aromatic rings. The van der Waals surface area contributed by atoms with Crippen LogP contribution in [0.1, 0.15) is 24.5 Å². The maximum Gasteiger partial charge on any atom is 0.305 e. The van der Waals surface area contributed by atoms with E-state index in [-0.39, 0.29) is 12.9 Å². The molecular weight excluding hydrogens is 360 g/mol. The van der Waals surface area contributed by atoms with Gasteiger partial charge in [-0.2, -0.15) is 0 Å². The van der Waals surface area contributed by atoms with Crippen molar-refractivity contribution in [2.45, 2.75) is 45.1 Å². The Balaban J connectivity index is 1.55. The first-order valence-electron chi connectivity index (χ1n) is 9.40. The molecule has 0 N–H and O–H groups in total. The van der Waals surface area contributed by atoms with Gasteiger partial charge in [-0.25, -0.2) is 0 Å². The van der Waals surface area contributed by atoms with Crippen molar-refractivity contribution in [2.24, 2.45) is 0 Å². The molecule has 3 atom stereocenters. The Bertz CT molecular complexity index is 705. The smallest absolute Gasteiger partial charge is 0.305 e. The summed E-state index contributed by atoms with van der Waals surface area (Å²) in [7, 11) is 0. The summed E-state index contributed by atoms with van der Waals surface area (Å²) < 4.78 is 28.4. The molecule has 0 aromatic heterocycles. The summed E-state index contributed by atoms with van der Waals surface area (Å²) >= 11 is 0. The minimum atomic E-state index is -0.797. The highest BCUT2D eigenvalue weighted by Crippen LogP contribution is 2.23. The lowest BCUT2D eigenvalue weighted by atomic mass is 10.1. The quantitative estimate of drug-likeness (QED) is 0.374. The first-order chi connectivity index (χ1) is 13.7. The van der Waals surface area contributed by atoms with Crippen molar-refractivity contribution in [1.29, 1.82) is 0 Å². The zero-order chi connectivity index (χ0) is 19.6. The van der Waals surface area contributed by atoms with Crippen LogP contribution >= 0.6 is 0 Å². The Kier molecular flexibility index (Phi) is 7.99. The van der Waals surface area contributed by atoms with E-state index in [4.69, 9.17) is 23.7 Å². The SMILES string of the molecule is CC(=O)OC1OCC[C@H](OCOCc2ccccc2)[C@@H]1OCc1ccccc1. The first-order valence-corrected chi connectivity index (χ1v) is 9.40. The van der Waals surface area contributed by atoms with Gasteiger partial charge in [0.15, 0.2) is 0 Å². The predicted octanol–water partition coefficient (Wildman–Crippen LogP) is 3.44. The van der Waals surface area contributed by atoms with Crippen molar-refractivity contribution >= 4 is 5.97 Å². The number of hydrogen-bond donors (Lipinski definition) is 0. The van der Waals surface area contributed by atoms with Gasteiger partial charge in [0.2, 0.25) is 6.29 Å². The molecule has 28 heavy (non-hydrogen) atoms. The minimum Gasteiger partial charge on any atom is -0.433 e. The second-order valence-corrected chi connectivity index (χ2v) is 6.56. The predicted molar refractivity (Wildman–Crippen MR) is 102 cm³/mol. The molecule has 1 aliphatic heterocycles. The number of benzene rings is 2. The molecule has 1 unspecified atom stereocenters. The molecule has 150 valence electrons. The molecule has 1 aliphatic rings. The van der Waals surface area contributed by atoms with E-state index in [2.05, 4.69) is 0 Å². The Labute approximate surface area is 165 Å². The topological polar surface area (TPSA) is 63.2 Å². The Morgan fingerprint density at radius 2 is 1.61 bits per heavy atom. The molecule has 0 saturated carbocycles. The fourth-order valence-corrected chi connectivity index (χ4v) is 3.00. The number of hydrogen-bond acceptors (Lipinski definition) is 6. The molecule has 1 fully saturated rings. The van der Waals surface area contributed by atoms with Crippen molar-refractivity contribution in [3.05, 3.63) is 71.8 Å². The third-order valence-electron chi connectivity index (χ3n) is 4.36. The van der Waals surface area contributed by atoms with Gasteiger partial charge in [0.25, 0.3) is 0 Å². The summed E-state index contributed by atoms with van der Waals surface area (Å²) in [6.45, 7) is 2.74. The van der Waals surface area contributed by atoms with E-state index in [0.29, 0.717) is 26.2 Å².